The molecule has 31 heavy (non-hydrogen) atoms. The van der Waals surface area contributed by atoms with E-state index in [0.29, 0.717) is 16.9 Å². The Balaban J connectivity index is 1.64. The average Bonchev–Trinajstić information content (AvgIpc) is 3.09. The predicted octanol–water partition coefficient (Wildman–Crippen LogP) is 4.22. The van der Waals surface area contributed by atoms with Gasteiger partial charge < -0.3 is 10.4 Å². The molecule has 0 unspecified atom stereocenters. The summed E-state index contributed by atoms with van der Waals surface area (Å²) in [6.45, 7) is 3.82. The summed E-state index contributed by atoms with van der Waals surface area (Å²) in [5.74, 6) is 1.10. The van der Waals surface area contributed by atoms with E-state index in [9.17, 15) is 5.11 Å². The number of nitrogens with zero attached hydrogens (tertiary/aromatic N) is 6. The maximum Gasteiger partial charge on any atom is 0.257 e. The third kappa shape index (κ3) is 5.14. The number of phenolic OH excluding ortho intramolecular Hbond substituents is 1. The first-order valence-electron chi connectivity index (χ1n) is 9.37. The van der Waals surface area contributed by atoms with Gasteiger partial charge in [-0.25, -0.2) is 10.1 Å². The van der Waals surface area contributed by atoms with Crippen molar-refractivity contribution in [2.75, 3.05) is 10.7 Å². The third-order valence-electron chi connectivity index (χ3n) is 4.19. The van der Waals surface area contributed by atoms with Crippen molar-refractivity contribution in [3.8, 4) is 11.7 Å². The van der Waals surface area contributed by atoms with Gasteiger partial charge in [0.1, 0.15) is 5.75 Å². The quantitative estimate of drug-likeness (QED) is 0.307. The number of rotatable bonds is 6. The number of anilines is 3. The number of nitrogens with one attached hydrogen (secondary N) is 2. The summed E-state index contributed by atoms with van der Waals surface area (Å²) in [5, 5.41) is 21.8. The van der Waals surface area contributed by atoms with E-state index < -0.39 is 0 Å². The highest BCUT2D eigenvalue weighted by molar-refractivity contribution is 6.30. The summed E-state index contributed by atoms with van der Waals surface area (Å²) >= 11 is 5.96. The zero-order valence-corrected chi connectivity index (χ0v) is 17.5. The Morgan fingerprint density at radius 3 is 2.35 bits per heavy atom. The highest BCUT2D eigenvalue weighted by atomic mass is 35.5. The lowest BCUT2D eigenvalue weighted by atomic mass is 10.2. The van der Waals surface area contributed by atoms with Crippen LogP contribution in [-0.2, 0) is 0 Å². The number of halogens is 1. The normalized spacial score (nSPS) is 11.1. The zero-order valence-electron chi connectivity index (χ0n) is 16.8. The molecule has 0 saturated carbocycles. The van der Waals surface area contributed by atoms with Gasteiger partial charge in [-0.05, 0) is 74.0 Å². The fraction of sp³-hybridized carbons (Fsp3) is 0.0952. The van der Waals surface area contributed by atoms with Gasteiger partial charge in [0.05, 0.1) is 11.9 Å². The van der Waals surface area contributed by atoms with Gasteiger partial charge in [-0.2, -0.15) is 25.2 Å². The number of hydrogen-bond donors (Lipinski definition) is 3. The van der Waals surface area contributed by atoms with Crippen molar-refractivity contribution in [2.24, 2.45) is 5.10 Å². The van der Waals surface area contributed by atoms with Crippen LogP contribution in [-0.4, -0.2) is 36.1 Å². The fourth-order valence-electron chi connectivity index (χ4n) is 2.78. The first-order valence-corrected chi connectivity index (χ1v) is 9.74. The number of aromatic hydroxyl groups is 1. The summed E-state index contributed by atoms with van der Waals surface area (Å²) in [4.78, 5) is 13.3. The molecule has 0 radical (unpaired) electrons. The van der Waals surface area contributed by atoms with Gasteiger partial charge in [-0.15, -0.1) is 0 Å². The first kappa shape index (κ1) is 20.3. The Bertz CT molecular complexity index is 1220. The van der Waals surface area contributed by atoms with Gasteiger partial charge in [-0.3, -0.25) is 0 Å². The van der Waals surface area contributed by atoms with E-state index >= 15 is 0 Å². The summed E-state index contributed by atoms with van der Waals surface area (Å²) in [5.41, 5.74) is 6.14. The van der Waals surface area contributed by atoms with E-state index in [2.05, 4.69) is 35.9 Å². The summed E-state index contributed by atoms with van der Waals surface area (Å²) in [6.07, 6.45) is 1.60. The van der Waals surface area contributed by atoms with Crippen LogP contribution in [0.2, 0.25) is 5.02 Å². The Kier molecular flexibility index (Phi) is 5.76. The summed E-state index contributed by atoms with van der Waals surface area (Å²) < 4.78 is 1.64. The van der Waals surface area contributed by atoms with Crippen LogP contribution >= 0.6 is 11.6 Å². The van der Waals surface area contributed by atoms with Crippen LogP contribution < -0.4 is 10.7 Å². The minimum Gasteiger partial charge on any atom is -0.508 e. The number of phenols is 1. The number of benzene rings is 2. The molecule has 4 rings (SSSR count). The van der Waals surface area contributed by atoms with Crippen molar-refractivity contribution < 1.29 is 5.11 Å². The highest BCUT2D eigenvalue weighted by Gasteiger charge is 2.12. The Morgan fingerprint density at radius 2 is 1.68 bits per heavy atom. The molecule has 3 N–H and O–H groups in total. The minimum atomic E-state index is 0.190. The molecule has 0 aliphatic rings. The fourth-order valence-corrected chi connectivity index (χ4v) is 2.91. The van der Waals surface area contributed by atoms with E-state index in [1.54, 1.807) is 47.3 Å². The van der Waals surface area contributed by atoms with Gasteiger partial charge >= 0.3 is 0 Å². The van der Waals surface area contributed by atoms with Crippen molar-refractivity contribution in [1.82, 2.24) is 24.7 Å². The van der Waals surface area contributed by atoms with Crippen LogP contribution in [0.25, 0.3) is 5.95 Å². The van der Waals surface area contributed by atoms with E-state index in [1.807, 2.05) is 32.0 Å². The average molecular weight is 435 g/mol. The molecule has 0 bridgehead atoms. The number of aromatic nitrogens is 5. The van der Waals surface area contributed by atoms with Crippen molar-refractivity contribution in [3.63, 3.8) is 0 Å². The molecule has 2 aromatic heterocycles. The molecule has 0 saturated heterocycles. The lowest BCUT2D eigenvalue weighted by Crippen LogP contribution is -2.11. The summed E-state index contributed by atoms with van der Waals surface area (Å²) in [6, 6.07) is 15.8. The maximum absolute atomic E-state index is 9.38. The molecule has 2 aromatic carbocycles. The third-order valence-corrected chi connectivity index (χ3v) is 4.45. The molecule has 0 spiro atoms. The van der Waals surface area contributed by atoms with Crippen LogP contribution in [0.1, 0.15) is 17.0 Å². The predicted molar refractivity (Wildman–Crippen MR) is 120 cm³/mol. The molecule has 0 atom stereocenters. The van der Waals surface area contributed by atoms with Crippen molar-refractivity contribution in [1.29, 1.82) is 0 Å². The largest absolute Gasteiger partial charge is 0.508 e. The number of aryl methyl sites for hydroxylation is 2. The highest BCUT2D eigenvalue weighted by Crippen LogP contribution is 2.19. The molecule has 156 valence electrons. The van der Waals surface area contributed by atoms with Crippen molar-refractivity contribution >= 4 is 35.4 Å². The zero-order chi connectivity index (χ0) is 21.8. The molecule has 4 aromatic rings. The second kappa shape index (κ2) is 8.80. The number of hydrazone groups is 1. The first-order chi connectivity index (χ1) is 15.0. The van der Waals surface area contributed by atoms with Crippen LogP contribution in [0.3, 0.4) is 0 Å². The maximum atomic E-state index is 9.38. The van der Waals surface area contributed by atoms with E-state index in [4.69, 9.17) is 11.6 Å². The van der Waals surface area contributed by atoms with Gasteiger partial charge in [0.2, 0.25) is 11.9 Å². The smallest absolute Gasteiger partial charge is 0.257 e. The summed E-state index contributed by atoms with van der Waals surface area (Å²) in [7, 11) is 0. The minimum absolute atomic E-state index is 0.190. The Hall–Kier alpha value is -3.98. The Morgan fingerprint density at radius 1 is 0.968 bits per heavy atom. The molecule has 2 heterocycles. The van der Waals surface area contributed by atoms with E-state index in [0.717, 1.165) is 22.6 Å². The molecular formula is C21H19ClN8O. The second-order valence-electron chi connectivity index (χ2n) is 6.71. The monoisotopic (exact) mass is 434 g/mol. The molecule has 9 nitrogen and oxygen atoms in total. The SMILES string of the molecule is Cc1cc(C)n(-c2nc(N/N=C/c3ccc(O)cc3)nc(Nc3ccc(Cl)cc3)n2)n1. The van der Waals surface area contributed by atoms with Gasteiger partial charge in [0, 0.05) is 16.4 Å². The lowest BCUT2D eigenvalue weighted by Gasteiger charge is -2.09. The van der Waals surface area contributed by atoms with Crippen LogP contribution in [0.5, 0.6) is 5.75 Å². The Labute approximate surface area is 183 Å². The molecule has 0 aliphatic heterocycles. The van der Waals surface area contributed by atoms with Gasteiger partial charge in [0.25, 0.3) is 5.95 Å². The lowest BCUT2D eigenvalue weighted by molar-refractivity contribution is 0.475. The molecule has 10 heteroatoms. The van der Waals surface area contributed by atoms with Crippen LogP contribution in [0, 0.1) is 13.8 Å². The van der Waals surface area contributed by atoms with Crippen molar-refractivity contribution in [3.05, 3.63) is 76.6 Å². The van der Waals surface area contributed by atoms with Gasteiger partial charge in [-0.1, -0.05) is 11.6 Å². The van der Waals surface area contributed by atoms with E-state index in [1.165, 1.54) is 0 Å². The standard InChI is InChI=1S/C21H19ClN8O/c1-13-11-14(2)30(29-13)21-26-19(24-17-7-5-16(22)6-8-17)25-20(27-21)28-23-12-15-3-9-18(31)10-4-15/h3-12,31H,1-2H3,(H2,24,25,26,27,28)/b23-12+. The van der Waals surface area contributed by atoms with E-state index in [-0.39, 0.29) is 11.7 Å². The molecular weight excluding hydrogens is 416 g/mol. The van der Waals surface area contributed by atoms with Gasteiger partial charge in [0.15, 0.2) is 0 Å². The molecule has 0 amide bonds. The molecule has 0 aliphatic carbocycles. The second-order valence-corrected chi connectivity index (χ2v) is 7.15. The van der Waals surface area contributed by atoms with Crippen LogP contribution in [0.15, 0.2) is 59.7 Å². The van der Waals surface area contributed by atoms with Crippen molar-refractivity contribution in [2.45, 2.75) is 13.8 Å². The topological polar surface area (TPSA) is 113 Å². The molecule has 0 fully saturated rings. The van der Waals surface area contributed by atoms with Crippen LogP contribution in [0.4, 0.5) is 17.6 Å². The number of hydrogen-bond acceptors (Lipinski definition) is 8.